The van der Waals surface area contributed by atoms with E-state index in [1.54, 1.807) is 13.3 Å². The molecule has 1 saturated heterocycles. The monoisotopic (exact) mass is 539 g/mol. The lowest BCUT2D eigenvalue weighted by atomic mass is 9.89. The predicted molar refractivity (Wildman–Crippen MR) is 145 cm³/mol. The molecule has 3 N–H and O–H groups in total. The van der Waals surface area contributed by atoms with Crippen molar-refractivity contribution >= 4 is 35.0 Å². The Hall–Kier alpha value is -2.88. The number of methoxy groups -OCH3 is 1. The molecule has 2 heterocycles. The Balaban J connectivity index is 1.21. The van der Waals surface area contributed by atoms with Crippen molar-refractivity contribution in [2.45, 2.75) is 44.2 Å². The number of hydrogen-bond acceptors (Lipinski definition) is 8. The lowest BCUT2D eigenvalue weighted by molar-refractivity contribution is -0.142. The number of ether oxygens (including phenoxy) is 2. The zero-order valence-electron chi connectivity index (χ0n) is 21.5. The summed E-state index contributed by atoms with van der Waals surface area (Å²) in [5, 5.41) is 16.8. The van der Waals surface area contributed by atoms with Crippen molar-refractivity contribution in [3.63, 3.8) is 0 Å². The minimum Gasteiger partial charge on any atom is -0.494 e. The third-order valence-electron chi connectivity index (χ3n) is 8.64. The van der Waals surface area contributed by atoms with Gasteiger partial charge in [-0.1, -0.05) is 29.8 Å². The molecule has 1 aromatic carbocycles. The van der Waals surface area contributed by atoms with E-state index in [1.165, 1.54) is 11.1 Å². The number of aryl methyl sites for hydroxylation is 1. The smallest absolute Gasteiger partial charge is 0.309 e. The second-order valence-corrected chi connectivity index (χ2v) is 11.1. The molecule has 2 aromatic rings. The predicted octanol–water partition coefficient (Wildman–Crippen LogP) is 4.15. The number of carboxylic acid groups (broad SMARTS) is 1. The summed E-state index contributed by atoms with van der Waals surface area (Å²) < 4.78 is 11.5. The normalized spacial score (nSPS) is 28.5. The Morgan fingerprint density at radius 1 is 1.18 bits per heavy atom. The molecule has 38 heavy (non-hydrogen) atoms. The summed E-state index contributed by atoms with van der Waals surface area (Å²) in [5.74, 6) is 0.521. The Morgan fingerprint density at radius 2 is 1.97 bits per heavy atom. The zero-order valence-corrected chi connectivity index (χ0v) is 22.3. The lowest BCUT2D eigenvalue weighted by Crippen LogP contribution is -2.43. The molecule has 2 fully saturated rings. The van der Waals surface area contributed by atoms with E-state index < -0.39 is 11.9 Å². The van der Waals surface area contributed by atoms with Crippen LogP contribution in [0.4, 0.5) is 17.5 Å². The molecule has 10 heteroatoms. The highest BCUT2D eigenvalue weighted by atomic mass is 35.5. The van der Waals surface area contributed by atoms with Gasteiger partial charge < -0.3 is 25.2 Å². The van der Waals surface area contributed by atoms with E-state index in [2.05, 4.69) is 37.6 Å². The van der Waals surface area contributed by atoms with Crippen LogP contribution in [0.15, 0.2) is 30.5 Å². The Kier molecular flexibility index (Phi) is 7.16. The number of benzene rings is 1. The fourth-order valence-electron chi connectivity index (χ4n) is 6.76. The van der Waals surface area contributed by atoms with Crippen LogP contribution in [0.5, 0.6) is 5.75 Å². The Bertz CT molecular complexity index is 1230. The van der Waals surface area contributed by atoms with Crippen LogP contribution in [0.1, 0.15) is 30.4 Å². The van der Waals surface area contributed by atoms with E-state index in [0.717, 1.165) is 69.8 Å². The number of anilines is 3. The fourth-order valence-corrected chi connectivity index (χ4v) is 6.90. The largest absolute Gasteiger partial charge is 0.494 e. The molecule has 2 bridgehead atoms. The molecule has 6 rings (SSSR count). The summed E-state index contributed by atoms with van der Waals surface area (Å²) in [4.78, 5) is 23.5. The van der Waals surface area contributed by atoms with Crippen molar-refractivity contribution in [3.05, 3.63) is 46.6 Å². The number of nitrogens with zero attached hydrogens (tertiary/aromatic N) is 3. The number of hydrogen-bond donors (Lipinski definition) is 3. The first-order valence-corrected chi connectivity index (χ1v) is 13.9. The highest BCUT2D eigenvalue weighted by Gasteiger charge is 2.48. The third-order valence-corrected chi connectivity index (χ3v) is 8.91. The quantitative estimate of drug-likeness (QED) is 0.353. The van der Waals surface area contributed by atoms with Crippen LogP contribution in [-0.2, 0) is 22.4 Å². The van der Waals surface area contributed by atoms with Gasteiger partial charge in [0, 0.05) is 25.2 Å². The van der Waals surface area contributed by atoms with Gasteiger partial charge in [0.1, 0.15) is 10.8 Å². The van der Waals surface area contributed by atoms with Crippen molar-refractivity contribution in [3.8, 4) is 5.75 Å². The first kappa shape index (κ1) is 25.4. The standard InChI is InChI=1S/C28H34ClN5O4/c1-37-25-20-8-7-19(34-10-12-38-13-11-34)6-4-16(20)5-9-22(25)31-28-30-15-21(29)26(33-28)32-24-18-3-2-17(14-18)23(24)27(35)36/h2-3,5,9,15,17-19,23-24H,4,6-8,10-14H2,1H3,(H,35,36)(H2,30,31,32,33)/t17-,18+,19+,23+,24-/m1/s1. The number of rotatable bonds is 7. The van der Waals surface area contributed by atoms with Crippen LogP contribution >= 0.6 is 11.6 Å². The Morgan fingerprint density at radius 3 is 2.76 bits per heavy atom. The molecule has 1 aliphatic heterocycles. The molecule has 1 saturated carbocycles. The van der Waals surface area contributed by atoms with Gasteiger partial charge in [0.2, 0.25) is 5.95 Å². The molecular weight excluding hydrogens is 506 g/mol. The van der Waals surface area contributed by atoms with E-state index in [4.69, 9.17) is 21.1 Å². The van der Waals surface area contributed by atoms with E-state index in [1.807, 2.05) is 12.1 Å². The first-order chi connectivity index (χ1) is 18.5. The number of halogens is 1. The minimum absolute atomic E-state index is 0.0416. The van der Waals surface area contributed by atoms with Crippen LogP contribution in [0, 0.1) is 17.8 Å². The van der Waals surface area contributed by atoms with Crippen LogP contribution in [0.2, 0.25) is 5.02 Å². The number of aromatic nitrogens is 2. The summed E-state index contributed by atoms with van der Waals surface area (Å²) in [5.41, 5.74) is 3.36. The number of morpholine rings is 1. The van der Waals surface area contributed by atoms with E-state index in [9.17, 15) is 9.90 Å². The molecule has 1 aromatic heterocycles. The van der Waals surface area contributed by atoms with Gasteiger partial charge in [-0.2, -0.15) is 4.98 Å². The summed E-state index contributed by atoms with van der Waals surface area (Å²) in [6, 6.07) is 4.50. The summed E-state index contributed by atoms with van der Waals surface area (Å²) in [6.07, 6.45) is 10.7. The van der Waals surface area contributed by atoms with Gasteiger partial charge >= 0.3 is 5.97 Å². The molecule has 9 nitrogen and oxygen atoms in total. The van der Waals surface area contributed by atoms with Gasteiger partial charge in [-0.25, -0.2) is 4.98 Å². The topological polar surface area (TPSA) is 109 Å². The van der Waals surface area contributed by atoms with Crippen LogP contribution in [0.3, 0.4) is 0 Å². The van der Waals surface area contributed by atoms with Crippen molar-refractivity contribution in [2.24, 2.45) is 17.8 Å². The average molecular weight is 540 g/mol. The maximum Gasteiger partial charge on any atom is 0.309 e. The van der Waals surface area contributed by atoms with Crippen LogP contribution < -0.4 is 15.4 Å². The van der Waals surface area contributed by atoms with Crippen LogP contribution in [-0.4, -0.2) is 71.4 Å². The number of allylic oxidation sites excluding steroid dienone is 1. The van der Waals surface area contributed by atoms with E-state index >= 15 is 0 Å². The second kappa shape index (κ2) is 10.7. The number of carboxylic acids is 1. The number of carbonyl (C=O) groups is 1. The van der Waals surface area contributed by atoms with E-state index in [0.29, 0.717) is 22.8 Å². The molecule has 4 aliphatic rings. The van der Waals surface area contributed by atoms with Gasteiger partial charge in [-0.3, -0.25) is 9.69 Å². The second-order valence-electron chi connectivity index (χ2n) is 10.7. The zero-order chi connectivity index (χ0) is 26.2. The fraction of sp³-hybridized carbons (Fsp3) is 0.536. The summed E-state index contributed by atoms with van der Waals surface area (Å²) in [7, 11) is 1.70. The average Bonchev–Trinajstić information content (AvgIpc) is 3.46. The Labute approximate surface area is 227 Å². The summed E-state index contributed by atoms with van der Waals surface area (Å²) >= 11 is 6.44. The van der Waals surface area contributed by atoms with Gasteiger partial charge in [-0.15, -0.1) is 0 Å². The number of fused-ring (bicyclic) bond motifs is 3. The maximum absolute atomic E-state index is 11.9. The highest BCUT2D eigenvalue weighted by Crippen LogP contribution is 2.45. The van der Waals surface area contributed by atoms with Gasteiger partial charge in [-0.05, 0) is 61.1 Å². The molecular formula is C28H34ClN5O4. The van der Waals surface area contributed by atoms with E-state index in [-0.39, 0.29) is 17.9 Å². The minimum atomic E-state index is -0.798. The molecule has 202 valence electrons. The molecule has 5 atom stereocenters. The molecule has 0 radical (unpaired) electrons. The highest BCUT2D eigenvalue weighted by molar-refractivity contribution is 6.32. The number of nitrogens with one attached hydrogen (secondary N) is 2. The molecule has 0 unspecified atom stereocenters. The number of aliphatic carboxylic acids is 1. The van der Waals surface area contributed by atoms with Crippen molar-refractivity contribution in [1.82, 2.24) is 14.9 Å². The SMILES string of the molecule is COc1c(Nc2ncc(Cl)c(N[C@H]3[C@@H](C(=O)O)[C@@H]4C=C[C@H]3C4)n2)ccc2c1CC[C@@H](N1CCOCC1)CC2. The third kappa shape index (κ3) is 4.83. The molecule has 0 spiro atoms. The van der Waals surface area contributed by atoms with Crippen molar-refractivity contribution in [1.29, 1.82) is 0 Å². The van der Waals surface area contributed by atoms with Crippen molar-refractivity contribution < 1.29 is 19.4 Å². The molecule has 3 aliphatic carbocycles. The summed E-state index contributed by atoms with van der Waals surface area (Å²) in [6.45, 7) is 3.63. The maximum atomic E-state index is 11.9. The van der Waals surface area contributed by atoms with Gasteiger partial charge in [0.05, 0.1) is 38.1 Å². The van der Waals surface area contributed by atoms with Crippen LogP contribution in [0.25, 0.3) is 0 Å². The van der Waals surface area contributed by atoms with Gasteiger partial charge in [0.25, 0.3) is 0 Å². The van der Waals surface area contributed by atoms with Crippen molar-refractivity contribution in [2.75, 3.05) is 44.0 Å². The molecule has 0 amide bonds. The first-order valence-electron chi connectivity index (χ1n) is 13.5. The van der Waals surface area contributed by atoms with Gasteiger partial charge in [0.15, 0.2) is 5.82 Å². The lowest BCUT2D eigenvalue weighted by Gasteiger charge is -2.34.